The third kappa shape index (κ3) is 4.94. The van der Waals surface area contributed by atoms with Gasteiger partial charge in [0.2, 0.25) is 0 Å². The number of carbonyl (C=O) groups is 1. The van der Waals surface area contributed by atoms with E-state index in [1.807, 2.05) is 6.07 Å². The summed E-state index contributed by atoms with van der Waals surface area (Å²) in [6, 6.07) is 5.62. The van der Waals surface area contributed by atoms with Crippen molar-refractivity contribution in [2.45, 2.75) is 19.4 Å². The zero-order valence-corrected chi connectivity index (χ0v) is 10.5. The number of aliphatic hydroxyl groups is 1. The molecule has 1 aromatic rings. The van der Waals surface area contributed by atoms with E-state index in [9.17, 15) is 14.3 Å². The molecule has 1 rings (SSSR count). The lowest BCUT2D eigenvalue weighted by Gasteiger charge is -2.13. The van der Waals surface area contributed by atoms with Crippen LogP contribution in [0.15, 0.2) is 18.2 Å². The van der Waals surface area contributed by atoms with Crippen LogP contribution in [-0.4, -0.2) is 24.2 Å². The maximum Gasteiger partial charge on any atom is 0.257 e. The van der Waals surface area contributed by atoms with Crippen molar-refractivity contribution in [3.63, 3.8) is 0 Å². The number of nitrogens with zero attached hydrogens (tertiary/aromatic N) is 1. The highest BCUT2D eigenvalue weighted by Gasteiger charge is 2.11. The quantitative estimate of drug-likeness (QED) is 0.760. The van der Waals surface area contributed by atoms with Gasteiger partial charge >= 0.3 is 0 Å². The van der Waals surface area contributed by atoms with Crippen molar-refractivity contribution in [1.29, 1.82) is 5.26 Å². The van der Waals surface area contributed by atoms with Gasteiger partial charge in [0.05, 0.1) is 18.6 Å². The summed E-state index contributed by atoms with van der Waals surface area (Å²) in [6.45, 7) is 1.47. The molecule has 0 heterocycles. The number of hydrogen-bond donors (Lipinski definition) is 2. The van der Waals surface area contributed by atoms with E-state index in [4.69, 9.17) is 10.00 Å². The predicted octanol–water partition coefficient (Wildman–Crippen LogP) is 1.29. The van der Waals surface area contributed by atoms with Gasteiger partial charge in [-0.25, -0.2) is 4.39 Å². The van der Waals surface area contributed by atoms with Crippen molar-refractivity contribution in [2.24, 2.45) is 0 Å². The van der Waals surface area contributed by atoms with Crippen LogP contribution in [0.5, 0.6) is 5.75 Å². The van der Waals surface area contributed by atoms with Gasteiger partial charge < -0.3 is 15.2 Å². The monoisotopic (exact) mass is 266 g/mol. The van der Waals surface area contributed by atoms with Crippen LogP contribution >= 0.6 is 0 Å². The third-order valence-electron chi connectivity index (χ3n) is 2.34. The van der Waals surface area contributed by atoms with Gasteiger partial charge in [0.25, 0.3) is 5.91 Å². The zero-order valence-electron chi connectivity index (χ0n) is 10.5. The van der Waals surface area contributed by atoms with E-state index < -0.39 is 17.8 Å². The number of nitrogens with one attached hydrogen (secondary N) is 1. The van der Waals surface area contributed by atoms with E-state index in [0.717, 1.165) is 6.07 Å². The lowest BCUT2D eigenvalue weighted by Crippen LogP contribution is -2.29. The summed E-state index contributed by atoms with van der Waals surface area (Å²) in [4.78, 5) is 11.4. The first kappa shape index (κ1) is 14.9. The number of hydrogen-bond acceptors (Lipinski definition) is 4. The number of carbonyl (C=O) groups excluding carboxylic acids is 1. The molecule has 1 aromatic carbocycles. The molecule has 0 aliphatic heterocycles. The Bertz CT molecular complexity index is 483. The summed E-state index contributed by atoms with van der Waals surface area (Å²) in [5, 5.41) is 20.3. The molecule has 6 heteroatoms. The van der Waals surface area contributed by atoms with E-state index >= 15 is 0 Å². The van der Waals surface area contributed by atoms with Crippen LogP contribution in [0, 0.1) is 17.1 Å². The van der Waals surface area contributed by atoms with E-state index in [-0.39, 0.29) is 25.3 Å². The normalized spacial score (nSPS) is 11.5. The van der Waals surface area contributed by atoms with Gasteiger partial charge in [-0.3, -0.25) is 4.79 Å². The van der Waals surface area contributed by atoms with Crippen LogP contribution < -0.4 is 10.1 Å². The maximum absolute atomic E-state index is 13.1. The van der Waals surface area contributed by atoms with Gasteiger partial charge in [-0.05, 0) is 19.1 Å². The molecule has 0 saturated heterocycles. The summed E-state index contributed by atoms with van der Waals surface area (Å²) < 4.78 is 18.3. The molecule has 0 radical (unpaired) electrons. The average Bonchev–Trinajstić information content (AvgIpc) is 2.36. The molecule has 0 spiro atoms. The second-order valence-corrected chi connectivity index (χ2v) is 3.90. The molecule has 102 valence electrons. The number of ether oxygens (including phenoxy) is 1. The van der Waals surface area contributed by atoms with Crippen LogP contribution in [0.25, 0.3) is 0 Å². The molecule has 0 aliphatic carbocycles. The fourth-order valence-corrected chi connectivity index (χ4v) is 1.43. The molecular formula is C13H15FN2O3. The number of aliphatic hydroxyl groups excluding tert-OH is 1. The second kappa shape index (κ2) is 7.34. The van der Waals surface area contributed by atoms with Crippen LogP contribution in [0.1, 0.15) is 25.0 Å². The Morgan fingerprint density at radius 2 is 2.37 bits per heavy atom. The SMILES string of the molecule is CC(O)c1ccc(F)cc1OCC(=O)NCCC#N. The van der Waals surface area contributed by atoms with Crippen molar-refractivity contribution in [3.05, 3.63) is 29.6 Å². The molecule has 0 fully saturated rings. The van der Waals surface area contributed by atoms with Gasteiger partial charge in [0.1, 0.15) is 11.6 Å². The Morgan fingerprint density at radius 1 is 1.63 bits per heavy atom. The standard InChI is InChI=1S/C13H15FN2O3/c1-9(17)11-4-3-10(14)7-12(11)19-8-13(18)16-6-2-5-15/h3-4,7,9,17H,2,6,8H2,1H3,(H,16,18). The van der Waals surface area contributed by atoms with E-state index in [0.29, 0.717) is 5.56 Å². The first-order valence-electron chi connectivity index (χ1n) is 5.78. The first-order chi connectivity index (χ1) is 9.04. The van der Waals surface area contributed by atoms with Gasteiger partial charge in [-0.15, -0.1) is 0 Å². The van der Waals surface area contributed by atoms with Crippen molar-refractivity contribution < 1.29 is 19.0 Å². The molecule has 1 unspecified atom stereocenters. The van der Waals surface area contributed by atoms with Gasteiger partial charge in [-0.2, -0.15) is 5.26 Å². The van der Waals surface area contributed by atoms with Gasteiger partial charge in [0, 0.05) is 18.2 Å². The van der Waals surface area contributed by atoms with Crippen LogP contribution in [0.4, 0.5) is 4.39 Å². The summed E-state index contributed by atoms with van der Waals surface area (Å²) in [5.74, 6) is -0.786. The minimum Gasteiger partial charge on any atom is -0.483 e. The lowest BCUT2D eigenvalue weighted by molar-refractivity contribution is -0.123. The van der Waals surface area contributed by atoms with Crippen LogP contribution in [0.2, 0.25) is 0 Å². The van der Waals surface area contributed by atoms with Crippen molar-refractivity contribution >= 4 is 5.91 Å². The molecule has 0 bridgehead atoms. The lowest BCUT2D eigenvalue weighted by atomic mass is 10.1. The van der Waals surface area contributed by atoms with Gasteiger partial charge in [-0.1, -0.05) is 0 Å². The molecular weight excluding hydrogens is 251 g/mol. The predicted molar refractivity (Wildman–Crippen MR) is 65.8 cm³/mol. The minimum atomic E-state index is -0.822. The van der Waals surface area contributed by atoms with Crippen molar-refractivity contribution in [2.75, 3.05) is 13.2 Å². The highest BCUT2D eigenvalue weighted by Crippen LogP contribution is 2.25. The van der Waals surface area contributed by atoms with Crippen LogP contribution in [-0.2, 0) is 4.79 Å². The topological polar surface area (TPSA) is 82.3 Å². The molecule has 5 nitrogen and oxygen atoms in total. The molecule has 19 heavy (non-hydrogen) atoms. The number of rotatable bonds is 6. The number of amides is 1. The molecule has 0 aliphatic rings. The summed E-state index contributed by atoms with van der Waals surface area (Å²) in [7, 11) is 0. The highest BCUT2D eigenvalue weighted by atomic mass is 19.1. The Morgan fingerprint density at radius 3 is 3.00 bits per heavy atom. The summed E-state index contributed by atoms with van der Waals surface area (Å²) >= 11 is 0. The van der Waals surface area contributed by atoms with Crippen molar-refractivity contribution in [3.8, 4) is 11.8 Å². The Labute approximate surface area is 110 Å². The van der Waals surface area contributed by atoms with Crippen molar-refractivity contribution in [1.82, 2.24) is 5.32 Å². The summed E-state index contributed by atoms with van der Waals surface area (Å²) in [5.41, 5.74) is 0.409. The smallest absolute Gasteiger partial charge is 0.257 e. The number of nitriles is 1. The Hall–Kier alpha value is -2.13. The van der Waals surface area contributed by atoms with E-state index in [2.05, 4.69) is 5.32 Å². The zero-order chi connectivity index (χ0) is 14.3. The molecule has 0 aromatic heterocycles. The second-order valence-electron chi connectivity index (χ2n) is 3.90. The average molecular weight is 266 g/mol. The molecule has 1 amide bonds. The van der Waals surface area contributed by atoms with E-state index in [1.165, 1.54) is 19.1 Å². The minimum absolute atomic E-state index is 0.130. The third-order valence-corrected chi connectivity index (χ3v) is 2.34. The molecule has 0 saturated carbocycles. The summed E-state index contributed by atoms with van der Waals surface area (Å²) in [6.07, 6.45) is -0.609. The Balaban J connectivity index is 2.59. The largest absolute Gasteiger partial charge is 0.483 e. The van der Waals surface area contributed by atoms with Gasteiger partial charge in [0.15, 0.2) is 6.61 Å². The maximum atomic E-state index is 13.1. The first-order valence-corrected chi connectivity index (χ1v) is 5.78. The fourth-order valence-electron chi connectivity index (χ4n) is 1.43. The Kier molecular flexibility index (Phi) is 5.76. The number of halogens is 1. The number of benzene rings is 1. The fraction of sp³-hybridized carbons (Fsp3) is 0.385. The van der Waals surface area contributed by atoms with Crippen LogP contribution in [0.3, 0.4) is 0 Å². The highest BCUT2D eigenvalue weighted by molar-refractivity contribution is 5.77. The molecule has 1 atom stereocenters. The molecule has 2 N–H and O–H groups in total. The van der Waals surface area contributed by atoms with E-state index in [1.54, 1.807) is 0 Å².